The minimum Gasteiger partial charge on any atom is -0.497 e. The molecule has 1 aliphatic heterocycles. The van der Waals surface area contributed by atoms with Crippen LogP contribution >= 0.6 is 11.6 Å². The number of nitrogens with zero attached hydrogens (tertiary/aromatic N) is 6. The fraction of sp³-hybridized carbons (Fsp3) is 0.276. The third-order valence-corrected chi connectivity index (χ3v) is 7.35. The largest absolute Gasteiger partial charge is 0.497 e. The maximum Gasteiger partial charge on any atom is 0.273 e. The van der Waals surface area contributed by atoms with E-state index in [0.29, 0.717) is 71.6 Å². The van der Waals surface area contributed by atoms with Crippen LogP contribution in [-0.4, -0.2) is 68.7 Å². The van der Waals surface area contributed by atoms with Gasteiger partial charge in [0.2, 0.25) is 0 Å². The summed E-state index contributed by atoms with van der Waals surface area (Å²) in [5, 5.41) is 5.43. The normalized spacial score (nSPS) is 14.4. The summed E-state index contributed by atoms with van der Waals surface area (Å²) in [4.78, 5) is 33.7. The van der Waals surface area contributed by atoms with Gasteiger partial charge in [-0.05, 0) is 42.1 Å². The van der Waals surface area contributed by atoms with Crippen LogP contribution in [0.2, 0.25) is 5.02 Å². The molecule has 1 aliphatic rings. The number of nitrogens with one attached hydrogen (secondary N) is 1. The number of methoxy groups -OCH3 is 1. The van der Waals surface area contributed by atoms with E-state index >= 15 is 0 Å². The van der Waals surface area contributed by atoms with E-state index in [1.165, 1.54) is 6.33 Å². The van der Waals surface area contributed by atoms with Gasteiger partial charge in [0.1, 0.15) is 23.3 Å². The summed E-state index contributed by atoms with van der Waals surface area (Å²) >= 11 is 6.56. The van der Waals surface area contributed by atoms with Crippen LogP contribution in [0.5, 0.6) is 5.75 Å². The van der Waals surface area contributed by atoms with Crippen molar-refractivity contribution in [3.63, 3.8) is 0 Å². The van der Waals surface area contributed by atoms with Gasteiger partial charge in [0.05, 0.1) is 50.0 Å². The number of carbonyl (C=O) groups is 1. The standard InChI is InChI=1S/C29H28ClN7O3/c1-18(23-14-20-4-3-5-22(30)24(20)25(35-23)29(38)36-10-12-40-13-11-36)34-27-26-28(32-16-31-27)37(17-33-26)15-19-6-8-21(39-2)9-7-19/h3-9,14,16-18H,10-13,15H2,1-2H3,(H,31,32,34)/t18-/m0/s1. The van der Waals surface area contributed by atoms with Crippen molar-refractivity contribution in [1.82, 2.24) is 29.4 Å². The molecule has 4 heterocycles. The summed E-state index contributed by atoms with van der Waals surface area (Å²) in [5.41, 5.74) is 3.48. The molecule has 204 valence electrons. The quantitative estimate of drug-likeness (QED) is 0.306. The van der Waals surface area contributed by atoms with Crippen LogP contribution in [0.4, 0.5) is 5.82 Å². The Morgan fingerprint density at radius 2 is 1.93 bits per heavy atom. The molecule has 1 amide bonds. The number of rotatable bonds is 7. The SMILES string of the molecule is COc1ccc(Cn2cnc3c(N[C@@H](C)c4cc5cccc(Cl)c5c(C(=O)N5CCOCC5)n4)ncnc32)cc1. The highest BCUT2D eigenvalue weighted by atomic mass is 35.5. The van der Waals surface area contributed by atoms with Crippen molar-refractivity contribution >= 4 is 45.3 Å². The summed E-state index contributed by atoms with van der Waals surface area (Å²) < 4.78 is 12.7. The zero-order chi connectivity index (χ0) is 27.6. The summed E-state index contributed by atoms with van der Waals surface area (Å²) in [6, 6.07) is 15.2. The number of morpholine rings is 1. The van der Waals surface area contributed by atoms with Gasteiger partial charge >= 0.3 is 0 Å². The molecule has 1 atom stereocenters. The lowest BCUT2D eigenvalue weighted by Crippen LogP contribution is -2.41. The molecule has 6 rings (SSSR count). The highest BCUT2D eigenvalue weighted by Crippen LogP contribution is 2.31. The van der Waals surface area contributed by atoms with E-state index in [1.807, 2.05) is 54.0 Å². The average Bonchev–Trinajstić information content (AvgIpc) is 3.40. The minimum absolute atomic E-state index is 0.155. The van der Waals surface area contributed by atoms with E-state index in [1.54, 1.807) is 24.4 Å². The van der Waals surface area contributed by atoms with Crippen molar-refractivity contribution in [2.24, 2.45) is 0 Å². The number of ether oxygens (including phenoxy) is 2. The molecule has 11 heteroatoms. The molecule has 1 N–H and O–H groups in total. The van der Waals surface area contributed by atoms with E-state index in [4.69, 9.17) is 26.1 Å². The molecule has 0 aliphatic carbocycles. The van der Waals surface area contributed by atoms with Crippen molar-refractivity contribution in [3.8, 4) is 5.75 Å². The van der Waals surface area contributed by atoms with Crippen LogP contribution in [0.3, 0.4) is 0 Å². The van der Waals surface area contributed by atoms with Gasteiger partial charge in [0.25, 0.3) is 5.91 Å². The molecule has 5 aromatic rings. The number of aromatic nitrogens is 5. The summed E-state index contributed by atoms with van der Waals surface area (Å²) in [5.74, 6) is 1.23. The smallest absolute Gasteiger partial charge is 0.273 e. The number of halogens is 1. The lowest BCUT2D eigenvalue weighted by Gasteiger charge is -2.27. The van der Waals surface area contributed by atoms with Gasteiger partial charge in [-0.1, -0.05) is 35.9 Å². The Labute approximate surface area is 235 Å². The Morgan fingerprint density at radius 1 is 1.12 bits per heavy atom. The Hall–Kier alpha value is -4.28. The molecule has 10 nitrogen and oxygen atoms in total. The number of carbonyl (C=O) groups excluding carboxylic acids is 1. The van der Waals surface area contributed by atoms with Crippen LogP contribution in [0.25, 0.3) is 21.9 Å². The van der Waals surface area contributed by atoms with Crippen LogP contribution < -0.4 is 10.1 Å². The molecule has 0 spiro atoms. The number of fused-ring (bicyclic) bond motifs is 2. The first-order chi connectivity index (χ1) is 19.5. The third kappa shape index (κ3) is 5.03. The van der Waals surface area contributed by atoms with E-state index < -0.39 is 0 Å². The zero-order valence-corrected chi connectivity index (χ0v) is 22.9. The fourth-order valence-corrected chi connectivity index (χ4v) is 5.16. The van der Waals surface area contributed by atoms with Crippen molar-refractivity contribution in [1.29, 1.82) is 0 Å². The Bertz CT molecular complexity index is 1680. The molecule has 0 unspecified atom stereocenters. The van der Waals surface area contributed by atoms with Crippen molar-refractivity contribution in [2.45, 2.75) is 19.5 Å². The topological polar surface area (TPSA) is 107 Å². The summed E-state index contributed by atoms with van der Waals surface area (Å²) in [6.07, 6.45) is 3.28. The van der Waals surface area contributed by atoms with Gasteiger partial charge in [-0.15, -0.1) is 0 Å². The first-order valence-electron chi connectivity index (χ1n) is 13.0. The van der Waals surface area contributed by atoms with Crippen molar-refractivity contribution < 1.29 is 14.3 Å². The minimum atomic E-state index is -0.288. The number of hydrogen-bond donors (Lipinski definition) is 1. The van der Waals surface area contributed by atoms with Crippen LogP contribution in [0, 0.1) is 0 Å². The molecule has 2 aromatic carbocycles. The van der Waals surface area contributed by atoms with Gasteiger partial charge in [-0.3, -0.25) is 4.79 Å². The van der Waals surface area contributed by atoms with Crippen LogP contribution in [0.15, 0.2) is 61.2 Å². The first-order valence-corrected chi connectivity index (χ1v) is 13.4. The van der Waals surface area contributed by atoms with Crippen LogP contribution in [-0.2, 0) is 11.3 Å². The molecule has 0 radical (unpaired) electrons. The Kier molecular flexibility index (Phi) is 7.19. The van der Waals surface area contributed by atoms with Gasteiger partial charge in [0, 0.05) is 18.5 Å². The predicted molar refractivity (Wildman–Crippen MR) is 153 cm³/mol. The second-order valence-corrected chi connectivity index (χ2v) is 10.0. The second kappa shape index (κ2) is 11.1. The highest BCUT2D eigenvalue weighted by molar-refractivity contribution is 6.36. The van der Waals surface area contributed by atoms with Gasteiger partial charge in [0.15, 0.2) is 11.5 Å². The molecule has 1 saturated heterocycles. The molecule has 0 saturated carbocycles. The number of hydrogen-bond acceptors (Lipinski definition) is 8. The Balaban J connectivity index is 1.31. The maximum absolute atomic E-state index is 13.6. The molecule has 0 bridgehead atoms. The predicted octanol–water partition coefficient (Wildman–Crippen LogP) is 4.73. The van der Waals surface area contributed by atoms with Gasteiger partial charge in [-0.25, -0.2) is 19.9 Å². The van der Waals surface area contributed by atoms with Crippen LogP contribution in [0.1, 0.15) is 34.7 Å². The number of anilines is 1. The fourth-order valence-electron chi connectivity index (χ4n) is 4.89. The van der Waals surface area contributed by atoms with E-state index in [9.17, 15) is 4.79 Å². The van der Waals surface area contributed by atoms with Crippen molar-refractivity contribution in [3.05, 3.63) is 83.2 Å². The Morgan fingerprint density at radius 3 is 2.70 bits per heavy atom. The number of imidazole rings is 1. The second-order valence-electron chi connectivity index (χ2n) is 9.62. The summed E-state index contributed by atoms with van der Waals surface area (Å²) in [7, 11) is 1.65. The monoisotopic (exact) mass is 557 g/mol. The molecular weight excluding hydrogens is 530 g/mol. The maximum atomic E-state index is 13.6. The van der Waals surface area contributed by atoms with E-state index in [2.05, 4.69) is 20.3 Å². The number of benzene rings is 2. The first kappa shape index (κ1) is 26.0. The molecule has 1 fully saturated rings. The number of pyridine rings is 1. The van der Waals surface area contributed by atoms with E-state index in [0.717, 1.165) is 16.7 Å². The van der Waals surface area contributed by atoms with Crippen molar-refractivity contribution in [2.75, 3.05) is 38.7 Å². The van der Waals surface area contributed by atoms with Gasteiger partial charge < -0.3 is 24.3 Å². The molecule has 40 heavy (non-hydrogen) atoms. The molecule has 3 aromatic heterocycles. The highest BCUT2D eigenvalue weighted by Gasteiger charge is 2.25. The summed E-state index contributed by atoms with van der Waals surface area (Å²) in [6.45, 7) is 4.62. The zero-order valence-electron chi connectivity index (χ0n) is 22.2. The van der Waals surface area contributed by atoms with Gasteiger partial charge in [-0.2, -0.15) is 0 Å². The number of amides is 1. The lowest BCUT2D eigenvalue weighted by molar-refractivity contribution is 0.0300. The average molecular weight is 558 g/mol. The van der Waals surface area contributed by atoms with E-state index in [-0.39, 0.29) is 11.9 Å². The molecular formula is C29H28ClN7O3. The third-order valence-electron chi connectivity index (χ3n) is 7.04. The lowest BCUT2D eigenvalue weighted by atomic mass is 10.0.